The number of pyridine rings is 1. The van der Waals surface area contributed by atoms with E-state index < -0.39 is 0 Å². The maximum Gasteiger partial charge on any atom is 0.246 e. The standard InChI is InChI=1S/C18H16FN5/c19-14-8-6-13(7-9-14)16-12-21-23-18(22-16)24-11-3-5-17(24)15-4-1-2-10-20-15/h1-2,4,6-10,12,17H,3,5,11H2/t17-/m1/s1. The molecule has 0 aliphatic carbocycles. The van der Waals surface area contributed by atoms with Crippen LogP contribution in [0.4, 0.5) is 10.3 Å². The average Bonchev–Trinajstić information content (AvgIpc) is 3.13. The van der Waals surface area contributed by atoms with Crippen molar-refractivity contribution in [3.63, 3.8) is 0 Å². The van der Waals surface area contributed by atoms with Crippen molar-refractivity contribution < 1.29 is 4.39 Å². The SMILES string of the molecule is Fc1ccc(-c2cnnc(N3CCC[C@@H]3c3ccccn3)n2)cc1. The van der Waals surface area contributed by atoms with Crippen molar-refractivity contribution in [2.45, 2.75) is 18.9 Å². The molecule has 2 aromatic heterocycles. The highest BCUT2D eigenvalue weighted by molar-refractivity contribution is 5.59. The van der Waals surface area contributed by atoms with Crippen molar-refractivity contribution in [1.82, 2.24) is 20.2 Å². The predicted octanol–water partition coefficient (Wildman–Crippen LogP) is 3.41. The molecule has 0 N–H and O–H groups in total. The lowest BCUT2D eigenvalue weighted by molar-refractivity contribution is 0.628. The normalized spacial score (nSPS) is 17.2. The van der Waals surface area contributed by atoms with Gasteiger partial charge < -0.3 is 4.90 Å². The third kappa shape index (κ3) is 2.82. The van der Waals surface area contributed by atoms with Gasteiger partial charge in [-0.05, 0) is 49.2 Å². The van der Waals surface area contributed by atoms with E-state index in [1.165, 1.54) is 12.1 Å². The molecule has 3 heterocycles. The second-order valence-corrected chi connectivity index (χ2v) is 5.75. The van der Waals surface area contributed by atoms with E-state index in [9.17, 15) is 4.39 Å². The van der Waals surface area contributed by atoms with E-state index in [0.29, 0.717) is 11.6 Å². The van der Waals surface area contributed by atoms with E-state index >= 15 is 0 Å². The number of halogens is 1. The summed E-state index contributed by atoms with van der Waals surface area (Å²) in [4.78, 5) is 11.2. The molecule has 1 aromatic carbocycles. The fourth-order valence-electron chi connectivity index (χ4n) is 3.06. The minimum Gasteiger partial charge on any atom is -0.331 e. The van der Waals surface area contributed by atoms with Gasteiger partial charge >= 0.3 is 0 Å². The molecule has 0 unspecified atom stereocenters. The number of nitrogens with zero attached hydrogens (tertiary/aromatic N) is 5. The molecule has 1 aliphatic heterocycles. The molecule has 1 atom stereocenters. The first-order chi connectivity index (χ1) is 11.8. The molecule has 120 valence electrons. The molecule has 0 amide bonds. The fourth-order valence-corrected chi connectivity index (χ4v) is 3.06. The van der Waals surface area contributed by atoms with Crippen LogP contribution in [0.15, 0.2) is 54.9 Å². The maximum absolute atomic E-state index is 13.1. The highest BCUT2D eigenvalue weighted by Gasteiger charge is 2.29. The third-order valence-corrected chi connectivity index (χ3v) is 4.23. The molecule has 5 nitrogen and oxygen atoms in total. The highest BCUT2D eigenvalue weighted by atomic mass is 19.1. The minimum atomic E-state index is -0.268. The summed E-state index contributed by atoms with van der Waals surface area (Å²) in [7, 11) is 0. The second kappa shape index (κ2) is 6.31. The summed E-state index contributed by atoms with van der Waals surface area (Å²) in [5, 5.41) is 8.29. The predicted molar refractivity (Wildman–Crippen MR) is 88.8 cm³/mol. The molecule has 6 heteroatoms. The third-order valence-electron chi connectivity index (χ3n) is 4.23. The number of aromatic nitrogens is 4. The minimum absolute atomic E-state index is 0.163. The Morgan fingerprint density at radius 1 is 1.08 bits per heavy atom. The molecule has 1 aliphatic rings. The molecular formula is C18H16FN5. The molecule has 4 rings (SSSR count). The van der Waals surface area contributed by atoms with Crippen LogP contribution in [0, 0.1) is 5.82 Å². The van der Waals surface area contributed by atoms with Gasteiger partial charge in [0.05, 0.1) is 23.6 Å². The van der Waals surface area contributed by atoms with Crippen molar-refractivity contribution in [2.24, 2.45) is 0 Å². The van der Waals surface area contributed by atoms with Gasteiger partial charge in [0.25, 0.3) is 0 Å². The summed E-state index contributed by atoms with van der Waals surface area (Å²) in [6, 6.07) is 12.3. The van der Waals surface area contributed by atoms with Crippen LogP contribution in [0.1, 0.15) is 24.6 Å². The van der Waals surface area contributed by atoms with Gasteiger partial charge in [0.1, 0.15) is 5.82 Å². The lowest BCUT2D eigenvalue weighted by Gasteiger charge is -2.23. The smallest absolute Gasteiger partial charge is 0.246 e. The molecule has 1 fully saturated rings. The fraction of sp³-hybridized carbons (Fsp3) is 0.222. The zero-order valence-electron chi connectivity index (χ0n) is 13.0. The van der Waals surface area contributed by atoms with Crippen molar-refractivity contribution in [2.75, 3.05) is 11.4 Å². The summed E-state index contributed by atoms with van der Waals surface area (Å²) in [5.74, 6) is 0.320. The Morgan fingerprint density at radius 3 is 2.75 bits per heavy atom. The monoisotopic (exact) mass is 321 g/mol. The van der Waals surface area contributed by atoms with E-state index in [1.807, 2.05) is 18.2 Å². The quantitative estimate of drug-likeness (QED) is 0.740. The Hall–Kier alpha value is -2.89. The number of anilines is 1. The molecule has 0 bridgehead atoms. The topological polar surface area (TPSA) is 54.8 Å². The zero-order valence-corrected chi connectivity index (χ0v) is 13.0. The van der Waals surface area contributed by atoms with E-state index in [-0.39, 0.29) is 11.9 Å². The first-order valence-electron chi connectivity index (χ1n) is 7.94. The first kappa shape index (κ1) is 14.7. The summed E-state index contributed by atoms with van der Waals surface area (Å²) >= 11 is 0. The lowest BCUT2D eigenvalue weighted by Crippen LogP contribution is -2.25. The molecule has 0 radical (unpaired) electrons. The number of hydrogen-bond donors (Lipinski definition) is 0. The summed E-state index contributed by atoms with van der Waals surface area (Å²) in [6.45, 7) is 0.871. The molecule has 0 saturated carbocycles. The van der Waals surface area contributed by atoms with Gasteiger partial charge in [0.2, 0.25) is 5.95 Å². The van der Waals surface area contributed by atoms with Crippen LogP contribution >= 0.6 is 0 Å². The molecule has 0 spiro atoms. The second-order valence-electron chi connectivity index (χ2n) is 5.75. The van der Waals surface area contributed by atoms with Gasteiger partial charge in [-0.15, -0.1) is 5.10 Å². The zero-order chi connectivity index (χ0) is 16.4. The Bertz CT molecular complexity index is 822. The van der Waals surface area contributed by atoms with Gasteiger partial charge in [0, 0.05) is 18.3 Å². The summed E-state index contributed by atoms with van der Waals surface area (Å²) in [6.07, 6.45) is 5.48. The van der Waals surface area contributed by atoms with Crippen LogP contribution in [-0.4, -0.2) is 26.7 Å². The Kier molecular flexibility index (Phi) is 3.86. The van der Waals surface area contributed by atoms with Crippen LogP contribution in [0.5, 0.6) is 0 Å². The molecule has 3 aromatic rings. The van der Waals surface area contributed by atoms with E-state index in [2.05, 4.69) is 25.1 Å². The van der Waals surface area contributed by atoms with Crippen LogP contribution < -0.4 is 4.90 Å². The maximum atomic E-state index is 13.1. The molecular weight excluding hydrogens is 305 g/mol. The van der Waals surface area contributed by atoms with Gasteiger partial charge in [-0.3, -0.25) is 4.98 Å². The van der Waals surface area contributed by atoms with Crippen LogP contribution in [0.25, 0.3) is 11.3 Å². The largest absolute Gasteiger partial charge is 0.331 e. The first-order valence-corrected chi connectivity index (χ1v) is 7.94. The van der Waals surface area contributed by atoms with Crippen LogP contribution in [-0.2, 0) is 0 Å². The van der Waals surface area contributed by atoms with E-state index in [1.54, 1.807) is 24.5 Å². The van der Waals surface area contributed by atoms with E-state index in [4.69, 9.17) is 0 Å². The average molecular weight is 321 g/mol. The van der Waals surface area contributed by atoms with Crippen molar-refractivity contribution in [1.29, 1.82) is 0 Å². The van der Waals surface area contributed by atoms with Gasteiger partial charge in [0.15, 0.2) is 0 Å². The van der Waals surface area contributed by atoms with Crippen molar-refractivity contribution in [3.8, 4) is 11.3 Å². The van der Waals surface area contributed by atoms with Gasteiger partial charge in [-0.2, -0.15) is 5.10 Å². The van der Waals surface area contributed by atoms with Crippen molar-refractivity contribution in [3.05, 3.63) is 66.4 Å². The van der Waals surface area contributed by atoms with Gasteiger partial charge in [-0.25, -0.2) is 9.37 Å². The number of benzene rings is 1. The molecule has 1 saturated heterocycles. The van der Waals surface area contributed by atoms with Crippen LogP contribution in [0.2, 0.25) is 0 Å². The number of rotatable bonds is 3. The van der Waals surface area contributed by atoms with Crippen LogP contribution in [0.3, 0.4) is 0 Å². The Labute approximate surface area is 139 Å². The van der Waals surface area contributed by atoms with Gasteiger partial charge in [-0.1, -0.05) is 6.07 Å². The highest BCUT2D eigenvalue weighted by Crippen LogP contribution is 2.33. The molecule has 24 heavy (non-hydrogen) atoms. The Balaban J connectivity index is 1.66. The summed E-state index contributed by atoms with van der Waals surface area (Å²) < 4.78 is 13.1. The lowest BCUT2D eigenvalue weighted by atomic mass is 10.1. The number of hydrogen-bond acceptors (Lipinski definition) is 5. The summed E-state index contributed by atoms with van der Waals surface area (Å²) in [5.41, 5.74) is 2.53. The van der Waals surface area contributed by atoms with E-state index in [0.717, 1.165) is 30.6 Å². The Morgan fingerprint density at radius 2 is 1.96 bits per heavy atom. The van der Waals surface area contributed by atoms with Crippen molar-refractivity contribution >= 4 is 5.95 Å².